The molecule has 0 aliphatic rings. The lowest BCUT2D eigenvalue weighted by Crippen LogP contribution is -2.44. The SMILES string of the molecule is CC(=O)C(NCCN)C(=O)c1ccccc1. The first-order chi connectivity index (χ1) is 7.66. The van der Waals surface area contributed by atoms with E-state index in [0.717, 1.165) is 0 Å². The highest BCUT2D eigenvalue weighted by Gasteiger charge is 2.23. The molecule has 0 heterocycles. The molecule has 4 nitrogen and oxygen atoms in total. The smallest absolute Gasteiger partial charge is 0.187 e. The minimum atomic E-state index is -0.786. The number of hydrogen-bond donors (Lipinski definition) is 2. The molecule has 0 bridgehead atoms. The lowest BCUT2D eigenvalue weighted by atomic mass is 10.0. The van der Waals surface area contributed by atoms with E-state index in [-0.39, 0.29) is 11.6 Å². The summed E-state index contributed by atoms with van der Waals surface area (Å²) in [6, 6.07) is 7.98. The van der Waals surface area contributed by atoms with Crippen LogP contribution in [0.25, 0.3) is 0 Å². The van der Waals surface area contributed by atoms with Gasteiger partial charge in [-0.2, -0.15) is 0 Å². The van der Waals surface area contributed by atoms with Crippen molar-refractivity contribution in [2.24, 2.45) is 5.73 Å². The van der Waals surface area contributed by atoms with Crippen molar-refractivity contribution < 1.29 is 9.59 Å². The van der Waals surface area contributed by atoms with E-state index >= 15 is 0 Å². The van der Waals surface area contributed by atoms with Crippen molar-refractivity contribution in [1.82, 2.24) is 5.32 Å². The summed E-state index contributed by atoms with van der Waals surface area (Å²) in [5, 5.41) is 2.84. The highest BCUT2D eigenvalue weighted by molar-refractivity contribution is 6.13. The third-order valence-electron chi connectivity index (χ3n) is 2.22. The van der Waals surface area contributed by atoms with E-state index in [0.29, 0.717) is 18.7 Å². The van der Waals surface area contributed by atoms with Crippen LogP contribution in [0.5, 0.6) is 0 Å². The Hall–Kier alpha value is -1.52. The zero-order chi connectivity index (χ0) is 12.0. The predicted molar refractivity (Wildman–Crippen MR) is 62.3 cm³/mol. The molecule has 4 heteroatoms. The van der Waals surface area contributed by atoms with E-state index in [2.05, 4.69) is 5.32 Å². The summed E-state index contributed by atoms with van der Waals surface area (Å²) >= 11 is 0. The van der Waals surface area contributed by atoms with E-state index in [1.807, 2.05) is 6.07 Å². The molecule has 1 aromatic rings. The molecule has 1 aromatic carbocycles. The lowest BCUT2D eigenvalue weighted by Gasteiger charge is -2.13. The van der Waals surface area contributed by atoms with Crippen LogP contribution < -0.4 is 11.1 Å². The van der Waals surface area contributed by atoms with Crippen LogP contribution in [0.2, 0.25) is 0 Å². The summed E-state index contributed by atoms with van der Waals surface area (Å²) in [5.41, 5.74) is 5.87. The van der Waals surface area contributed by atoms with Crippen molar-refractivity contribution in [3.8, 4) is 0 Å². The summed E-state index contributed by atoms with van der Waals surface area (Å²) in [7, 11) is 0. The molecule has 0 aliphatic heterocycles. The summed E-state index contributed by atoms with van der Waals surface area (Å²) in [5.74, 6) is -0.399. The van der Waals surface area contributed by atoms with E-state index in [1.165, 1.54) is 6.92 Å². The molecule has 3 N–H and O–H groups in total. The second-order valence-electron chi connectivity index (χ2n) is 3.52. The van der Waals surface area contributed by atoms with Crippen LogP contribution in [-0.2, 0) is 4.79 Å². The molecule has 16 heavy (non-hydrogen) atoms. The Morgan fingerprint density at radius 1 is 1.31 bits per heavy atom. The minimum Gasteiger partial charge on any atom is -0.329 e. The number of nitrogens with one attached hydrogen (secondary N) is 1. The average molecular weight is 220 g/mol. The number of benzene rings is 1. The van der Waals surface area contributed by atoms with Gasteiger partial charge in [0.2, 0.25) is 0 Å². The summed E-state index contributed by atoms with van der Waals surface area (Å²) in [6.45, 7) is 2.24. The Kier molecular flexibility index (Phi) is 4.82. The van der Waals surface area contributed by atoms with Crippen LogP contribution in [-0.4, -0.2) is 30.7 Å². The van der Waals surface area contributed by atoms with Gasteiger partial charge in [-0.15, -0.1) is 0 Å². The number of carbonyl (C=O) groups is 2. The van der Waals surface area contributed by atoms with Gasteiger partial charge >= 0.3 is 0 Å². The van der Waals surface area contributed by atoms with Gasteiger partial charge in [0.25, 0.3) is 0 Å². The maximum atomic E-state index is 12.0. The van der Waals surface area contributed by atoms with Gasteiger partial charge in [-0.05, 0) is 6.92 Å². The topological polar surface area (TPSA) is 72.2 Å². The molecule has 0 spiro atoms. The quantitative estimate of drug-likeness (QED) is 0.537. The average Bonchev–Trinajstić information content (AvgIpc) is 2.30. The monoisotopic (exact) mass is 220 g/mol. The van der Waals surface area contributed by atoms with Gasteiger partial charge in [0.05, 0.1) is 0 Å². The maximum Gasteiger partial charge on any atom is 0.187 e. The zero-order valence-electron chi connectivity index (χ0n) is 9.27. The van der Waals surface area contributed by atoms with Gasteiger partial charge in [0, 0.05) is 18.7 Å². The highest BCUT2D eigenvalue weighted by Crippen LogP contribution is 2.04. The first-order valence-corrected chi connectivity index (χ1v) is 5.20. The van der Waals surface area contributed by atoms with Crippen LogP contribution in [0.1, 0.15) is 17.3 Å². The van der Waals surface area contributed by atoms with Crippen LogP contribution in [0.3, 0.4) is 0 Å². The standard InChI is InChI=1S/C12H16N2O2/c1-9(15)11(14-8-7-13)12(16)10-5-3-2-4-6-10/h2-6,11,14H,7-8,13H2,1H3. The summed E-state index contributed by atoms with van der Waals surface area (Å²) < 4.78 is 0. The molecule has 86 valence electrons. The van der Waals surface area contributed by atoms with E-state index < -0.39 is 6.04 Å². The first kappa shape index (κ1) is 12.5. The molecule has 0 aromatic heterocycles. The molecule has 0 saturated heterocycles. The van der Waals surface area contributed by atoms with Crippen LogP contribution in [0.4, 0.5) is 0 Å². The summed E-state index contributed by atoms with van der Waals surface area (Å²) in [6.07, 6.45) is 0. The molecule has 0 saturated carbocycles. The van der Waals surface area contributed by atoms with Crippen molar-refractivity contribution >= 4 is 11.6 Å². The van der Waals surface area contributed by atoms with Crippen LogP contribution in [0, 0.1) is 0 Å². The Morgan fingerprint density at radius 3 is 2.44 bits per heavy atom. The van der Waals surface area contributed by atoms with Gasteiger partial charge in [0.15, 0.2) is 11.6 Å². The van der Waals surface area contributed by atoms with E-state index in [9.17, 15) is 9.59 Å². The fourth-order valence-corrected chi connectivity index (χ4v) is 1.42. The van der Waals surface area contributed by atoms with Gasteiger partial charge < -0.3 is 5.73 Å². The van der Waals surface area contributed by atoms with Crippen molar-refractivity contribution in [3.05, 3.63) is 35.9 Å². The molecule has 1 atom stereocenters. The Morgan fingerprint density at radius 2 is 1.94 bits per heavy atom. The van der Waals surface area contributed by atoms with Crippen LogP contribution >= 0.6 is 0 Å². The number of Topliss-reactive ketones (excluding diaryl/α,β-unsaturated/α-hetero) is 2. The third-order valence-corrected chi connectivity index (χ3v) is 2.22. The second-order valence-corrected chi connectivity index (χ2v) is 3.52. The van der Waals surface area contributed by atoms with Gasteiger partial charge in [-0.1, -0.05) is 30.3 Å². The van der Waals surface area contributed by atoms with Gasteiger partial charge in [-0.3, -0.25) is 14.9 Å². The largest absolute Gasteiger partial charge is 0.329 e. The van der Waals surface area contributed by atoms with Crippen LogP contribution in [0.15, 0.2) is 30.3 Å². The molecular formula is C12H16N2O2. The normalized spacial score (nSPS) is 12.1. The fraction of sp³-hybridized carbons (Fsp3) is 0.333. The number of rotatable bonds is 6. The molecular weight excluding hydrogens is 204 g/mol. The van der Waals surface area contributed by atoms with Gasteiger partial charge in [0.1, 0.15) is 6.04 Å². The second kappa shape index (κ2) is 6.15. The summed E-state index contributed by atoms with van der Waals surface area (Å²) in [4.78, 5) is 23.3. The molecule has 0 aliphatic carbocycles. The number of nitrogens with two attached hydrogens (primary N) is 1. The molecule has 0 radical (unpaired) electrons. The fourth-order valence-electron chi connectivity index (χ4n) is 1.42. The molecule has 0 fully saturated rings. The number of ketones is 2. The Labute approximate surface area is 94.8 Å². The lowest BCUT2D eigenvalue weighted by molar-refractivity contribution is -0.117. The Balaban J connectivity index is 2.79. The number of hydrogen-bond acceptors (Lipinski definition) is 4. The van der Waals surface area contributed by atoms with Crippen molar-refractivity contribution in [2.45, 2.75) is 13.0 Å². The van der Waals surface area contributed by atoms with E-state index in [4.69, 9.17) is 5.73 Å². The zero-order valence-corrected chi connectivity index (χ0v) is 9.27. The van der Waals surface area contributed by atoms with Crippen molar-refractivity contribution in [2.75, 3.05) is 13.1 Å². The minimum absolute atomic E-state index is 0.192. The molecule has 1 rings (SSSR count). The first-order valence-electron chi connectivity index (χ1n) is 5.20. The van der Waals surface area contributed by atoms with Gasteiger partial charge in [-0.25, -0.2) is 0 Å². The molecule has 0 amide bonds. The molecule has 1 unspecified atom stereocenters. The highest BCUT2D eigenvalue weighted by atomic mass is 16.2. The third kappa shape index (κ3) is 3.25. The van der Waals surface area contributed by atoms with Crippen molar-refractivity contribution in [1.29, 1.82) is 0 Å². The Bertz CT molecular complexity index is 363. The maximum absolute atomic E-state index is 12.0. The van der Waals surface area contributed by atoms with Crippen molar-refractivity contribution in [3.63, 3.8) is 0 Å². The van der Waals surface area contributed by atoms with E-state index in [1.54, 1.807) is 24.3 Å². The number of carbonyl (C=O) groups excluding carboxylic acids is 2. The predicted octanol–water partition coefficient (Wildman–Crippen LogP) is 0.375.